The van der Waals surface area contributed by atoms with Crippen molar-refractivity contribution in [2.45, 2.75) is 18.9 Å². The third-order valence-corrected chi connectivity index (χ3v) is 4.27. The molecular weight excluding hydrogens is 262 g/mol. The monoisotopic (exact) mass is 281 g/mol. The fourth-order valence-corrected chi connectivity index (χ4v) is 3.00. The second-order valence-electron chi connectivity index (χ2n) is 5.85. The molecule has 0 bridgehead atoms. The van der Waals surface area contributed by atoms with E-state index >= 15 is 0 Å². The van der Waals surface area contributed by atoms with Crippen molar-refractivity contribution in [1.82, 2.24) is 0 Å². The molecule has 1 N–H and O–H groups in total. The molecule has 1 unspecified atom stereocenters. The number of fused-ring (bicyclic) bond motifs is 3. The summed E-state index contributed by atoms with van der Waals surface area (Å²) in [5.41, 5.74) is 3.03. The maximum atomic E-state index is 5.87. The van der Waals surface area contributed by atoms with Gasteiger partial charge in [0, 0.05) is 23.6 Å². The lowest BCUT2D eigenvalue weighted by Crippen LogP contribution is -2.27. The van der Waals surface area contributed by atoms with Crippen molar-refractivity contribution in [3.63, 3.8) is 0 Å². The first-order valence-corrected chi connectivity index (χ1v) is 7.52. The maximum absolute atomic E-state index is 5.87. The van der Waals surface area contributed by atoms with E-state index < -0.39 is 0 Å². The SMILES string of the molecule is COCC(Nc1ccc2oc3ccccc3c2c1)C1CC1. The van der Waals surface area contributed by atoms with Crippen LogP contribution in [0.2, 0.25) is 0 Å². The molecule has 1 aromatic heterocycles. The van der Waals surface area contributed by atoms with Crippen LogP contribution < -0.4 is 5.32 Å². The Bertz CT molecular complexity index is 773. The van der Waals surface area contributed by atoms with Crippen LogP contribution in [0.4, 0.5) is 5.69 Å². The quantitative estimate of drug-likeness (QED) is 0.751. The number of methoxy groups -OCH3 is 1. The molecule has 0 saturated heterocycles. The predicted octanol–water partition coefficient (Wildman–Crippen LogP) is 4.42. The van der Waals surface area contributed by atoms with E-state index in [1.54, 1.807) is 7.11 Å². The maximum Gasteiger partial charge on any atom is 0.135 e. The second-order valence-corrected chi connectivity index (χ2v) is 5.85. The van der Waals surface area contributed by atoms with E-state index in [-0.39, 0.29) is 0 Å². The van der Waals surface area contributed by atoms with Crippen molar-refractivity contribution >= 4 is 27.6 Å². The Morgan fingerprint density at radius 2 is 1.95 bits per heavy atom. The largest absolute Gasteiger partial charge is 0.456 e. The molecule has 2 aromatic carbocycles. The summed E-state index contributed by atoms with van der Waals surface area (Å²) in [6.45, 7) is 0.759. The molecule has 108 valence electrons. The van der Waals surface area contributed by atoms with Gasteiger partial charge in [-0.1, -0.05) is 18.2 Å². The van der Waals surface area contributed by atoms with Crippen molar-refractivity contribution in [1.29, 1.82) is 0 Å². The molecule has 1 heterocycles. The van der Waals surface area contributed by atoms with Crippen molar-refractivity contribution in [2.75, 3.05) is 19.0 Å². The molecule has 3 aromatic rings. The number of benzene rings is 2. The highest BCUT2D eigenvalue weighted by Crippen LogP contribution is 2.35. The van der Waals surface area contributed by atoms with Gasteiger partial charge in [-0.3, -0.25) is 0 Å². The zero-order valence-electron chi connectivity index (χ0n) is 12.1. The number of para-hydroxylation sites is 1. The van der Waals surface area contributed by atoms with Crippen molar-refractivity contribution in [3.8, 4) is 0 Å². The first kappa shape index (κ1) is 12.7. The summed E-state index contributed by atoms with van der Waals surface area (Å²) in [5.74, 6) is 0.752. The fraction of sp³-hybridized carbons (Fsp3) is 0.333. The number of rotatable bonds is 5. The van der Waals surface area contributed by atoms with Gasteiger partial charge in [0.15, 0.2) is 0 Å². The van der Waals surface area contributed by atoms with E-state index in [2.05, 4.69) is 35.6 Å². The van der Waals surface area contributed by atoms with Gasteiger partial charge in [-0.15, -0.1) is 0 Å². The summed E-state index contributed by atoms with van der Waals surface area (Å²) in [7, 11) is 1.77. The highest BCUT2D eigenvalue weighted by atomic mass is 16.5. The van der Waals surface area contributed by atoms with Gasteiger partial charge in [0.25, 0.3) is 0 Å². The van der Waals surface area contributed by atoms with Crippen LogP contribution >= 0.6 is 0 Å². The van der Waals surface area contributed by atoms with E-state index in [9.17, 15) is 0 Å². The summed E-state index contributed by atoms with van der Waals surface area (Å²) < 4.78 is 11.2. The second kappa shape index (κ2) is 5.08. The van der Waals surface area contributed by atoms with Crippen LogP contribution in [0.15, 0.2) is 46.9 Å². The predicted molar refractivity (Wildman–Crippen MR) is 85.7 cm³/mol. The van der Waals surface area contributed by atoms with Crippen LogP contribution in [-0.2, 0) is 4.74 Å². The van der Waals surface area contributed by atoms with Crippen LogP contribution in [0.25, 0.3) is 21.9 Å². The van der Waals surface area contributed by atoms with Gasteiger partial charge in [0.2, 0.25) is 0 Å². The number of ether oxygens (including phenoxy) is 1. The minimum Gasteiger partial charge on any atom is -0.456 e. The lowest BCUT2D eigenvalue weighted by Gasteiger charge is -2.18. The molecular formula is C18H19NO2. The first-order chi connectivity index (χ1) is 10.3. The van der Waals surface area contributed by atoms with Crippen LogP contribution in [-0.4, -0.2) is 19.8 Å². The number of furan rings is 1. The number of hydrogen-bond acceptors (Lipinski definition) is 3. The first-order valence-electron chi connectivity index (χ1n) is 7.52. The fourth-order valence-electron chi connectivity index (χ4n) is 3.00. The van der Waals surface area contributed by atoms with E-state index in [1.807, 2.05) is 12.1 Å². The molecule has 1 atom stereocenters. The molecule has 3 nitrogen and oxygen atoms in total. The Morgan fingerprint density at radius 3 is 2.76 bits per heavy atom. The molecule has 0 aliphatic heterocycles. The number of anilines is 1. The van der Waals surface area contributed by atoms with E-state index in [1.165, 1.54) is 23.6 Å². The normalized spacial score (nSPS) is 16.4. The zero-order valence-corrected chi connectivity index (χ0v) is 12.1. The van der Waals surface area contributed by atoms with Gasteiger partial charge in [0.1, 0.15) is 11.2 Å². The third-order valence-electron chi connectivity index (χ3n) is 4.27. The van der Waals surface area contributed by atoms with Crippen LogP contribution in [0.5, 0.6) is 0 Å². The van der Waals surface area contributed by atoms with Crippen molar-refractivity contribution in [2.24, 2.45) is 5.92 Å². The lowest BCUT2D eigenvalue weighted by atomic mass is 10.1. The Labute approximate surface area is 123 Å². The third kappa shape index (κ3) is 2.38. The molecule has 1 aliphatic rings. The molecule has 21 heavy (non-hydrogen) atoms. The standard InChI is InChI=1S/C18H19NO2/c1-20-11-16(12-6-7-12)19-13-8-9-18-15(10-13)14-4-2-3-5-17(14)21-18/h2-5,8-10,12,16,19H,6-7,11H2,1H3. The summed E-state index contributed by atoms with van der Waals surface area (Å²) in [5, 5.41) is 5.96. The van der Waals surface area contributed by atoms with Crippen molar-refractivity contribution in [3.05, 3.63) is 42.5 Å². The summed E-state index contributed by atoms with van der Waals surface area (Å²) in [6, 6.07) is 14.9. The highest BCUT2D eigenvalue weighted by Gasteiger charge is 2.31. The minimum absolute atomic E-state index is 0.408. The van der Waals surface area contributed by atoms with E-state index in [0.717, 1.165) is 29.4 Å². The molecule has 1 saturated carbocycles. The van der Waals surface area contributed by atoms with Crippen LogP contribution in [0.1, 0.15) is 12.8 Å². The Balaban J connectivity index is 1.70. The number of hydrogen-bond donors (Lipinski definition) is 1. The van der Waals surface area contributed by atoms with Gasteiger partial charge < -0.3 is 14.5 Å². The summed E-state index contributed by atoms with van der Waals surface area (Å²) in [4.78, 5) is 0. The molecule has 0 spiro atoms. The number of nitrogens with one attached hydrogen (secondary N) is 1. The molecule has 3 heteroatoms. The van der Waals surface area contributed by atoms with Gasteiger partial charge in [-0.2, -0.15) is 0 Å². The molecule has 0 amide bonds. The van der Waals surface area contributed by atoms with E-state index in [4.69, 9.17) is 9.15 Å². The Hall–Kier alpha value is -2.00. The smallest absolute Gasteiger partial charge is 0.135 e. The Morgan fingerprint density at radius 1 is 1.14 bits per heavy atom. The van der Waals surface area contributed by atoms with Gasteiger partial charge in [0.05, 0.1) is 12.6 Å². The van der Waals surface area contributed by atoms with Gasteiger partial charge >= 0.3 is 0 Å². The molecule has 0 radical (unpaired) electrons. The minimum atomic E-state index is 0.408. The molecule has 1 aliphatic carbocycles. The zero-order chi connectivity index (χ0) is 14.2. The molecule has 4 rings (SSSR count). The average Bonchev–Trinajstić information content (AvgIpc) is 3.28. The summed E-state index contributed by atoms with van der Waals surface area (Å²) >= 11 is 0. The van der Waals surface area contributed by atoms with Gasteiger partial charge in [-0.25, -0.2) is 0 Å². The highest BCUT2D eigenvalue weighted by molar-refractivity contribution is 6.05. The van der Waals surface area contributed by atoms with Gasteiger partial charge in [-0.05, 0) is 43.0 Å². The van der Waals surface area contributed by atoms with Crippen LogP contribution in [0.3, 0.4) is 0 Å². The van der Waals surface area contributed by atoms with Crippen LogP contribution in [0, 0.1) is 5.92 Å². The van der Waals surface area contributed by atoms with Crippen molar-refractivity contribution < 1.29 is 9.15 Å². The van der Waals surface area contributed by atoms with E-state index in [0.29, 0.717) is 6.04 Å². The average molecular weight is 281 g/mol. The lowest BCUT2D eigenvalue weighted by molar-refractivity contribution is 0.179. The Kier molecular flexibility index (Phi) is 3.08. The summed E-state index contributed by atoms with van der Waals surface area (Å²) in [6.07, 6.45) is 2.61. The topological polar surface area (TPSA) is 34.4 Å². The molecule has 1 fully saturated rings.